The average molecular weight is 248 g/mol. The first-order valence-electron chi connectivity index (χ1n) is 4.98. The Labute approximate surface area is 95.4 Å². The van der Waals surface area contributed by atoms with Gasteiger partial charge in [0.1, 0.15) is 5.82 Å². The highest BCUT2D eigenvalue weighted by Crippen LogP contribution is 2.27. The van der Waals surface area contributed by atoms with E-state index in [0.717, 1.165) is 0 Å². The van der Waals surface area contributed by atoms with Crippen LogP contribution >= 0.6 is 0 Å². The third kappa shape index (κ3) is 2.76. The number of hydrogen-bond acceptors (Lipinski definition) is 5. The highest BCUT2D eigenvalue weighted by molar-refractivity contribution is 5.41. The number of nitrogens with two attached hydrogens (primary N) is 1. The number of aromatic nitrogens is 2. The van der Waals surface area contributed by atoms with Gasteiger partial charge in [0.25, 0.3) is 0 Å². The molecule has 0 amide bonds. The van der Waals surface area contributed by atoms with Crippen molar-refractivity contribution in [3.63, 3.8) is 0 Å². The lowest BCUT2D eigenvalue weighted by Crippen LogP contribution is -2.49. The van der Waals surface area contributed by atoms with Crippen LogP contribution in [0.3, 0.4) is 0 Å². The second-order valence-electron chi connectivity index (χ2n) is 3.62. The van der Waals surface area contributed by atoms with Gasteiger partial charge in [0.05, 0.1) is 13.2 Å². The summed E-state index contributed by atoms with van der Waals surface area (Å²) in [4.78, 5) is 9.06. The Morgan fingerprint density at radius 3 is 2.88 bits per heavy atom. The van der Waals surface area contributed by atoms with Crippen molar-refractivity contribution in [2.75, 3.05) is 30.3 Å². The first-order valence-corrected chi connectivity index (χ1v) is 4.98. The van der Waals surface area contributed by atoms with Gasteiger partial charge in [-0.3, -0.25) is 0 Å². The second-order valence-corrected chi connectivity index (χ2v) is 3.62. The molecule has 1 unspecified atom stereocenters. The Hall–Kier alpha value is -1.57. The summed E-state index contributed by atoms with van der Waals surface area (Å²) in [7, 11) is 0. The molecule has 17 heavy (non-hydrogen) atoms. The van der Waals surface area contributed by atoms with Crippen LogP contribution in [0.15, 0.2) is 12.3 Å². The highest BCUT2D eigenvalue weighted by atomic mass is 19.4. The molecule has 1 aliphatic heterocycles. The normalized spacial score (nSPS) is 21.6. The third-order valence-electron chi connectivity index (χ3n) is 2.42. The second kappa shape index (κ2) is 4.36. The van der Waals surface area contributed by atoms with Crippen LogP contribution in [0.2, 0.25) is 0 Å². The number of nitrogen functional groups attached to an aromatic ring is 1. The van der Waals surface area contributed by atoms with Crippen LogP contribution in [0.4, 0.5) is 24.9 Å². The number of nitrogens with zero attached hydrogens (tertiary/aromatic N) is 3. The maximum atomic E-state index is 12.5. The first kappa shape index (κ1) is 11.9. The molecule has 1 aromatic rings. The Bertz CT molecular complexity index is 398. The van der Waals surface area contributed by atoms with Gasteiger partial charge < -0.3 is 15.4 Å². The first-order chi connectivity index (χ1) is 7.97. The molecular formula is C9H11F3N4O. The van der Waals surface area contributed by atoms with Crippen LogP contribution in [-0.4, -0.2) is 41.9 Å². The molecule has 94 valence electrons. The summed E-state index contributed by atoms with van der Waals surface area (Å²) in [5.41, 5.74) is 5.38. The fraction of sp³-hybridized carbons (Fsp3) is 0.556. The van der Waals surface area contributed by atoms with Gasteiger partial charge in [-0.1, -0.05) is 0 Å². The van der Waals surface area contributed by atoms with E-state index in [1.807, 2.05) is 0 Å². The van der Waals surface area contributed by atoms with Gasteiger partial charge in [0, 0.05) is 12.7 Å². The van der Waals surface area contributed by atoms with Crippen molar-refractivity contribution < 1.29 is 17.9 Å². The summed E-state index contributed by atoms with van der Waals surface area (Å²) in [5, 5.41) is 0. The zero-order valence-corrected chi connectivity index (χ0v) is 8.81. The van der Waals surface area contributed by atoms with Gasteiger partial charge in [-0.25, -0.2) is 4.98 Å². The largest absolute Gasteiger partial charge is 0.416 e. The predicted molar refractivity (Wildman–Crippen MR) is 54.5 cm³/mol. The van der Waals surface area contributed by atoms with Gasteiger partial charge in [0.15, 0.2) is 6.10 Å². The van der Waals surface area contributed by atoms with Gasteiger partial charge >= 0.3 is 6.18 Å². The molecule has 0 bridgehead atoms. The number of hydrogen-bond donors (Lipinski definition) is 1. The minimum Gasteiger partial charge on any atom is -0.368 e. The molecule has 5 nitrogen and oxygen atoms in total. The number of alkyl halides is 3. The number of anilines is 2. The monoisotopic (exact) mass is 248 g/mol. The Morgan fingerprint density at radius 2 is 2.24 bits per heavy atom. The Balaban J connectivity index is 2.12. The molecule has 8 heteroatoms. The molecule has 2 rings (SSSR count). The van der Waals surface area contributed by atoms with Crippen molar-refractivity contribution in [1.82, 2.24) is 9.97 Å². The minimum atomic E-state index is -4.36. The zero-order chi connectivity index (χ0) is 12.5. The van der Waals surface area contributed by atoms with Crippen LogP contribution in [0.5, 0.6) is 0 Å². The van der Waals surface area contributed by atoms with E-state index in [4.69, 9.17) is 5.73 Å². The van der Waals surface area contributed by atoms with Crippen molar-refractivity contribution in [1.29, 1.82) is 0 Å². The van der Waals surface area contributed by atoms with E-state index in [2.05, 4.69) is 14.7 Å². The summed E-state index contributed by atoms with van der Waals surface area (Å²) in [6.07, 6.45) is -4.74. The van der Waals surface area contributed by atoms with Gasteiger partial charge in [-0.2, -0.15) is 18.2 Å². The number of rotatable bonds is 1. The molecular weight excluding hydrogens is 237 g/mol. The molecule has 2 heterocycles. The van der Waals surface area contributed by atoms with E-state index in [1.165, 1.54) is 17.2 Å². The number of morpholine rings is 1. The standard InChI is InChI=1S/C9H11F3N4O/c10-9(11,12)6-5-16(3-4-17-6)7-1-2-14-8(13)15-7/h1-2,6H,3-5H2,(H2,13,14,15). The molecule has 0 radical (unpaired) electrons. The Morgan fingerprint density at radius 1 is 1.47 bits per heavy atom. The summed E-state index contributed by atoms with van der Waals surface area (Å²) in [6, 6.07) is 1.52. The molecule has 2 N–H and O–H groups in total. The van der Waals surface area contributed by atoms with Crippen molar-refractivity contribution in [2.45, 2.75) is 12.3 Å². The van der Waals surface area contributed by atoms with Crippen molar-refractivity contribution in [2.24, 2.45) is 0 Å². The summed E-state index contributed by atoms with van der Waals surface area (Å²) >= 11 is 0. The van der Waals surface area contributed by atoms with E-state index < -0.39 is 12.3 Å². The lowest BCUT2D eigenvalue weighted by Gasteiger charge is -2.34. The minimum absolute atomic E-state index is 0.00802. The average Bonchev–Trinajstić information content (AvgIpc) is 2.28. The van der Waals surface area contributed by atoms with E-state index in [1.54, 1.807) is 0 Å². The van der Waals surface area contributed by atoms with Gasteiger partial charge in [0.2, 0.25) is 5.95 Å². The lowest BCUT2D eigenvalue weighted by molar-refractivity contribution is -0.221. The van der Waals surface area contributed by atoms with Crippen LogP contribution in [0.25, 0.3) is 0 Å². The smallest absolute Gasteiger partial charge is 0.368 e. The van der Waals surface area contributed by atoms with Crippen molar-refractivity contribution in [3.05, 3.63) is 12.3 Å². The van der Waals surface area contributed by atoms with Crippen LogP contribution in [0, 0.1) is 0 Å². The molecule has 0 aliphatic carbocycles. The quantitative estimate of drug-likeness (QED) is 0.797. The summed E-state index contributed by atoms with van der Waals surface area (Å²) in [5.74, 6) is 0.424. The van der Waals surface area contributed by atoms with Gasteiger partial charge in [-0.15, -0.1) is 0 Å². The third-order valence-corrected chi connectivity index (χ3v) is 2.42. The summed E-state index contributed by atoms with van der Waals surface area (Å²) < 4.78 is 42.2. The molecule has 1 fully saturated rings. The van der Waals surface area contributed by atoms with E-state index in [9.17, 15) is 13.2 Å². The zero-order valence-electron chi connectivity index (χ0n) is 8.81. The molecule has 0 aromatic carbocycles. The fourth-order valence-electron chi connectivity index (χ4n) is 1.60. The number of ether oxygens (including phenoxy) is 1. The van der Waals surface area contributed by atoms with E-state index in [0.29, 0.717) is 12.4 Å². The molecule has 1 aromatic heterocycles. The molecule has 0 saturated carbocycles. The lowest BCUT2D eigenvalue weighted by atomic mass is 10.2. The Kier molecular flexibility index (Phi) is 3.05. The topological polar surface area (TPSA) is 64.3 Å². The van der Waals surface area contributed by atoms with Crippen LogP contribution < -0.4 is 10.6 Å². The van der Waals surface area contributed by atoms with E-state index >= 15 is 0 Å². The molecule has 1 atom stereocenters. The van der Waals surface area contributed by atoms with Crippen molar-refractivity contribution in [3.8, 4) is 0 Å². The number of halogens is 3. The maximum Gasteiger partial charge on any atom is 0.416 e. The molecule has 1 saturated heterocycles. The van der Waals surface area contributed by atoms with E-state index in [-0.39, 0.29) is 19.1 Å². The SMILES string of the molecule is Nc1nccc(N2CCOC(C(F)(F)F)C2)n1. The fourth-order valence-corrected chi connectivity index (χ4v) is 1.60. The van der Waals surface area contributed by atoms with Crippen molar-refractivity contribution >= 4 is 11.8 Å². The highest BCUT2D eigenvalue weighted by Gasteiger charge is 2.43. The predicted octanol–water partition coefficient (Wildman–Crippen LogP) is 0.826. The summed E-state index contributed by atoms with van der Waals surface area (Å²) in [6.45, 7) is 0.0804. The molecule has 0 spiro atoms. The maximum absolute atomic E-state index is 12.5. The molecule has 1 aliphatic rings. The van der Waals surface area contributed by atoms with Gasteiger partial charge in [-0.05, 0) is 6.07 Å². The van der Waals surface area contributed by atoms with Crippen LogP contribution in [-0.2, 0) is 4.74 Å². The van der Waals surface area contributed by atoms with Crippen LogP contribution in [0.1, 0.15) is 0 Å².